The topological polar surface area (TPSA) is 65.5 Å². The van der Waals surface area contributed by atoms with Gasteiger partial charge in [-0.2, -0.15) is 13.2 Å². The molecule has 0 spiro atoms. The summed E-state index contributed by atoms with van der Waals surface area (Å²) in [4.78, 5) is 15.9. The van der Waals surface area contributed by atoms with E-state index in [1.165, 1.54) is 0 Å². The largest absolute Gasteiger partial charge is 0.416 e. The van der Waals surface area contributed by atoms with Crippen molar-refractivity contribution in [2.24, 2.45) is 4.99 Å². The zero-order valence-electron chi connectivity index (χ0n) is 15.2. The van der Waals surface area contributed by atoms with E-state index in [0.717, 1.165) is 12.1 Å². The minimum atomic E-state index is -4.68. The molecule has 0 atom stereocenters. The molecule has 146 valence electrons. The Morgan fingerprint density at radius 3 is 2.35 bits per heavy atom. The zero-order valence-corrected chi connectivity index (χ0v) is 15.2. The monoisotopic (exact) mass is 376 g/mol. The number of guanidine groups is 1. The van der Waals surface area contributed by atoms with Crippen molar-refractivity contribution in [3.05, 3.63) is 35.1 Å². The van der Waals surface area contributed by atoms with E-state index >= 15 is 0 Å². The molecule has 1 amide bonds. The first-order chi connectivity index (χ1) is 11.9. The van der Waals surface area contributed by atoms with Crippen molar-refractivity contribution in [2.45, 2.75) is 46.0 Å². The van der Waals surface area contributed by atoms with E-state index in [4.69, 9.17) is 0 Å². The van der Waals surface area contributed by atoms with Crippen molar-refractivity contribution >= 4 is 11.9 Å². The summed E-state index contributed by atoms with van der Waals surface area (Å²) in [6.45, 7) is 7.34. The summed E-state index contributed by atoms with van der Waals surface area (Å²) >= 11 is 0. The third kappa shape index (κ3) is 7.71. The lowest BCUT2D eigenvalue weighted by atomic mass is 10.1. The zero-order chi connectivity index (χ0) is 20.0. The molecule has 0 unspecified atom stereocenters. The van der Waals surface area contributed by atoms with E-state index in [0.29, 0.717) is 12.6 Å². The Morgan fingerprint density at radius 1 is 1.15 bits per heavy atom. The van der Waals surface area contributed by atoms with Crippen molar-refractivity contribution in [3.63, 3.8) is 0 Å². The molecule has 0 aliphatic rings. The Balaban J connectivity index is 2.86. The molecule has 0 heterocycles. The first-order valence-corrected chi connectivity index (χ1v) is 8.11. The van der Waals surface area contributed by atoms with Crippen LogP contribution in [0.3, 0.4) is 0 Å². The summed E-state index contributed by atoms with van der Waals surface area (Å²) in [5, 5.41) is 8.35. The average Bonchev–Trinajstić information content (AvgIpc) is 2.48. The third-order valence-electron chi connectivity index (χ3n) is 3.06. The molecule has 3 N–H and O–H groups in total. The van der Waals surface area contributed by atoms with Gasteiger partial charge < -0.3 is 16.0 Å². The highest BCUT2D eigenvalue weighted by Crippen LogP contribution is 2.32. The molecule has 0 bridgehead atoms. The molecule has 0 radical (unpaired) electrons. The Hall–Kier alpha value is -2.32. The summed E-state index contributed by atoms with van der Waals surface area (Å²) in [5.41, 5.74) is -1.62. The maximum atomic E-state index is 13.1. The molecular formula is C17H24F4N4O. The number of aliphatic imine (C=N–C) groups is 1. The summed E-state index contributed by atoms with van der Waals surface area (Å²) in [6.07, 6.45) is -4.68. The second kappa shape index (κ2) is 8.86. The molecule has 1 rings (SSSR count). The van der Waals surface area contributed by atoms with Gasteiger partial charge in [0.1, 0.15) is 5.82 Å². The lowest BCUT2D eigenvalue weighted by molar-refractivity contribution is -0.138. The molecule has 0 aromatic heterocycles. The molecule has 0 fully saturated rings. The number of benzene rings is 1. The quantitative estimate of drug-likeness (QED) is 0.421. The third-order valence-corrected chi connectivity index (χ3v) is 3.06. The van der Waals surface area contributed by atoms with Crippen molar-refractivity contribution in [3.8, 4) is 0 Å². The van der Waals surface area contributed by atoms with E-state index in [1.807, 2.05) is 20.8 Å². The fourth-order valence-corrected chi connectivity index (χ4v) is 2.08. The van der Waals surface area contributed by atoms with E-state index in [-0.39, 0.29) is 30.5 Å². The van der Waals surface area contributed by atoms with E-state index < -0.39 is 23.1 Å². The van der Waals surface area contributed by atoms with Crippen LogP contribution in [0.5, 0.6) is 0 Å². The maximum absolute atomic E-state index is 13.1. The predicted molar refractivity (Wildman–Crippen MR) is 92.1 cm³/mol. The summed E-state index contributed by atoms with van der Waals surface area (Å²) < 4.78 is 52.2. The molecule has 0 saturated carbocycles. The number of amides is 1. The number of halogens is 4. The van der Waals surface area contributed by atoms with Crippen molar-refractivity contribution in [1.29, 1.82) is 0 Å². The number of nitrogens with one attached hydrogen (secondary N) is 3. The van der Waals surface area contributed by atoms with E-state index in [2.05, 4.69) is 20.9 Å². The summed E-state index contributed by atoms with van der Waals surface area (Å²) in [5.74, 6) is -1.05. The highest BCUT2D eigenvalue weighted by molar-refractivity contribution is 5.86. The molecule has 0 aliphatic heterocycles. The molecule has 1 aromatic carbocycles. The van der Waals surface area contributed by atoms with Gasteiger partial charge in [0, 0.05) is 12.1 Å². The molecular weight excluding hydrogens is 352 g/mol. The van der Waals surface area contributed by atoms with Gasteiger partial charge in [-0.3, -0.25) is 4.79 Å². The summed E-state index contributed by atoms with van der Waals surface area (Å²) in [7, 11) is 0. The molecule has 1 aromatic rings. The molecule has 9 heteroatoms. The fraction of sp³-hybridized carbons (Fsp3) is 0.529. The van der Waals surface area contributed by atoms with Crippen LogP contribution >= 0.6 is 0 Å². The van der Waals surface area contributed by atoms with Gasteiger partial charge in [-0.05, 0) is 45.4 Å². The smallest absolute Gasteiger partial charge is 0.357 e. The van der Waals surface area contributed by atoms with Crippen LogP contribution in [0.2, 0.25) is 0 Å². The van der Waals surface area contributed by atoms with Gasteiger partial charge in [-0.25, -0.2) is 9.38 Å². The van der Waals surface area contributed by atoms with Crippen LogP contribution in [0.4, 0.5) is 17.6 Å². The van der Waals surface area contributed by atoms with Crippen molar-refractivity contribution < 1.29 is 22.4 Å². The molecule has 26 heavy (non-hydrogen) atoms. The Morgan fingerprint density at radius 2 is 1.81 bits per heavy atom. The standard InChI is InChI=1S/C17H24F4N4O/c1-5-22-15(24-10-14(26)25-16(2,3)4)23-9-11-6-7-12(18)8-13(11)17(19,20)21/h6-8H,5,9-10H2,1-4H3,(H,25,26)(H2,22,23,24). The minimum Gasteiger partial charge on any atom is -0.357 e. The number of alkyl halides is 3. The average molecular weight is 376 g/mol. The predicted octanol–water partition coefficient (Wildman–Crippen LogP) is 2.81. The van der Waals surface area contributed by atoms with Gasteiger partial charge in [0.25, 0.3) is 0 Å². The second-order valence-corrected chi connectivity index (χ2v) is 6.65. The highest BCUT2D eigenvalue weighted by Gasteiger charge is 2.33. The van der Waals surface area contributed by atoms with Crippen molar-refractivity contribution in [1.82, 2.24) is 16.0 Å². The minimum absolute atomic E-state index is 0.0847. The number of carbonyl (C=O) groups is 1. The summed E-state index contributed by atoms with van der Waals surface area (Å²) in [6, 6.07) is 2.46. The number of nitrogens with zero attached hydrogens (tertiary/aromatic N) is 1. The van der Waals surface area contributed by atoms with Crippen LogP contribution in [-0.2, 0) is 17.5 Å². The first-order valence-electron chi connectivity index (χ1n) is 8.11. The molecule has 5 nitrogen and oxygen atoms in total. The Kier molecular flexibility index (Phi) is 7.41. The van der Waals surface area contributed by atoms with Gasteiger partial charge in [-0.15, -0.1) is 0 Å². The molecule has 0 saturated heterocycles. The Bertz CT molecular complexity index is 651. The second-order valence-electron chi connectivity index (χ2n) is 6.65. The number of carbonyl (C=O) groups excluding carboxylic acids is 1. The van der Waals surface area contributed by atoms with Crippen LogP contribution in [0.1, 0.15) is 38.8 Å². The van der Waals surface area contributed by atoms with Gasteiger partial charge in [-0.1, -0.05) is 6.07 Å². The van der Waals surface area contributed by atoms with Crippen LogP contribution in [0.25, 0.3) is 0 Å². The van der Waals surface area contributed by atoms with Gasteiger partial charge >= 0.3 is 6.18 Å². The fourth-order valence-electron chi connectivity index (χ4n) is 2.08. The van der Waals surface area contributed by atoms with Crippen LogP contribution in [0, 0.1) is 5.82 Å². The van der Waals surface area contributed by atoms with Gasteiger partial charge in [0.05, 0.1) is 18.7 Å². The van der Waals surface area contributed by atoms with E-state index in [1.54, 1.807) is 6.92 Å². The number of hydrogen-bond acceptors (Lipinski definition) is 2. The highest BCUT2D eigenvalue weighted by atomic mass is 19.4. The van der Waals surface area contributed by atoms with Crippen LogP contribution < -0.4 is 16.0 Å². The van der Waals surface area contributed by atoms with E-state index in [9.17, 15) is 22.4 Å². The lowest BCUT2D eigenvalue weighted by Gasteiger charge is -2.21. The SMILES string of the molecule is CCNC(=NCc1ccc(F)cc1C(F)(F)F)NCC(=O)NC(C)(C)C. The van der Waals surface area contributed by atoms with Crippen LogP contribution in [-0.4, -0.2) is 30.5 Å². The van der Waals surface area contributed by atoms with Gasteiger partial charge in [0.15, 0.2) is 5.96 Å². The normalized spacial score (nSPS) is 12.7. The number of hydrogen-bond donors (Lipinski definition) is 3. The van der Waals surface area contributed by atoms with Crippen LogP contribution in [0.15, 0.2) is 23.2 Å². The number of rotatable bonds is 5. The lowest BCUT2D eigenvalue weighted by Crippen LogP contribution is -2.48. The maximum Gasteiger partial charge on any atom is 0.416 e. The Labute approximate surface area is 150 Å². The molecule has 0 aliphatic carbocycles. The van der Waals surface area contributed by atoms with Crippen molar-refractivity contribution in [2.75, 3.05) is 13.1 Å². The van der Waals surface area contributed by atoms with Gasteiger partial charge in [0.2, 0.25) is 5.91 Å². The first kappa shape index (κ1) is 21.7.